The molecule has 220 valence electrons. The van der Waals surface area contributed by atoms with Crippen molar-refractivity contribution in [2.24, 2.45) is 56.7 Å². The number of alkyl halides is 1. The summed E-state index contributed by atoms with van der Waals surface area (Å²) < 4.78 is 11.7. The quantitative estimate of drug-likeness (QED) is 0.179. The number of hydrogen-bond donors (Lipinski definition) is 0. The first-order valence-electron chi connectivity index (χ1n) is 15.7. The molecule has 0 N–H and O–H groups in total. The number of halogens is 1. The van der Waals surface area contributed by atoms with Crippen molar-refractivity contribution in [3.8, 4) is 0 Å². The molecule has 0 saturated heterocycles. The Kier molecular flexibility index (Phi) is 7.50. The lowest BCUT2D eigenvalue weighted by atomic mass is 9.32. The highest BCUT2D eigenvalue weighted by Crippen LogP contribution is 2.77. The number of carbonyl (C=O) groups excluding carboxylic acids is 2. The number of rotatable bonds is 5. The predicted molar refractivity (Wildman–Crippen MR) is 159 cm³/mol. The van der Waals surface area contributed by atoms with Crippen LogP contribution in [0.2, 0.25) is 0 Å². The van der Waals surface area contributed by atoms with Crippen LogP contribution < -0.4 is 0 Å². The van der Waals surface area contributed by atoms with Gasteiger partial charge in [0.2, 0.25) is 0 Å². The highest BCUT2D eigenvalue weighted by atomic mass is 79.9. The topological polar surface area (TPSA) is 52.6 Å². The van der Waals surface area contributed by atoms with Gasteiger partial charge < -0.3 is 9.47 Å². The van der Waals surface area contributed by atoms with Crippen molar-refractivity contribution in [1.82, 2.24) is 0 Å². The van der Waals surface area contributed by atoms with E-state index in [0.717, 1.165) is 31.0 Å². The zero-order chi connectivity index (χ0) is 28.6. The van der Waals surface area contributed by atoms with E-state index in [1.165, 1.54) is 44.1 Å². The maximum atomic E-state index is 12.0. The summed E-state index contributed by atoms with van der Waals surface area (Å²) in [5.74, 6) is 2.66. The fourth-order valence-electron chi connectivity index (χ4n) is 12.2. The Labute approximate surface area is 245 Å². The van der Waals surface area contributed by atoms with Crippen LogP contribution in [0.15, 0.2) is 12.2 Å². The lowest BCUT2D eigenvalue weighted by Gasteiger charge is -2.73. The molecule has 39 heavy (non-hydrogen) atoms. The second-order valence-corrected chi connectivity index (χ2v) is 16.3. The van der Waals surface area contributed by atoms with E-state index in [1.54, 1.807) is 13.8 Å². The van der Waals surface area contributed by atoms with Crippen molar-refractivity contribution in [3.63, 3.8) is 0 Å². The van der Waals surface area contributed by atoms with Crippen molar-refractivity contribution >= 4 is 27.9 Å². The third-order valence-corrected chi connectivity index (χ3v) is 14.8. The van der Waals surface area contributed by atoms with E-state index in [9.17, 15) is 9.59 Å². The summed E-state index contributed by atoms with van der Waals surface area (Å²) in [6, 6.07) is 0. The minimum absolute atomic E-state index is 0.00628. The second-order valence-electron chi connectivity index (χ2n) is 15.7. The van der Waals surface area contributed by atoms with E-state index in [1.807, 2.05) is 0 Å². The smallest absolute Gasteiger partial charge is 0.302 e. The molecule has 10 atom stereocenters. The number of allylic oxidation sites excluding steroid dienone is 1. The Morgan fingerprint density at radius 2 is 1.54 bits per heavy atom. The fraction of sp³-hybridized carbons (Fsp3) is 0.882. The molecule has 0 aromatic rings. The Hall–Kier alpha value is -0.840. The fourth-order valence-corrected chi connectivity index (χ4v) is 12.6. The minimum Gasteiger partial charge on any atom is -0.465 e. The number of ether oxygens (including phenoxy) is 2. The number of fused-ring (bicyclic) bond motifs is 7. The van der Waals surface area contributed by atoms with E-state index in [0.29, 0.717) is 36.2 Å². The molecule has 0 aromatic carbocycles. The summed E-state index contributed by atoms with van der Waals surface area (Å²) in [7, 11) is 0. The normalized spacial score (nSPS) is 48.1. The average molecular weight is 606 g/mol. The molecule has 0 radical (unpaired) electrons. The van der Waals surface area contributed by atoms with Gasteiger partial charge in [-0.2, -0.15) is 0 Å². The molecule has 5 heteroatoms. The SMILES string of the molecule is C=C(CBr)[C@@H]1CC[C@]2(COC(C)=O)CC[C@]3(C)[C@H](CC[C@@H]4[C@@]5(C)CC[C@H](OC(C)=O)C(C)(C)[C@@H]5CC[C@]43C)[C@@H]12. The van der Waals surface area contributed by atoms with Gasteiger partial charge in [0.15, 0.2) is 0 Å². The molecule has 5 saturated carbocycles. The summed E-state index contributed by atoms with van der Waals surface area (Å²) in [5.41, 5.74) is 2.24. The molecule has 5 rings (SSSR count). The molecule has 0 aromatic heterocycles. The van der Waals surface area contributed by atoms with Gasteiger partial charge in [-0.15, -0.1) is 0 Å². The summed E-state index contributed by atoms with van der Waals surface area (Å²) in [6.07, 6.45) is 11.9. The standard InChI is InChI=1S/C34H53BrO4/c1-21(19-35)24-11-16-34(20-38-22(2)36)18-17-32(7)25(29(24)34)9-10-27-31(6)14-13-28(39-23(3)37)30(4,5)26(31)12-15-33(27,32)8/h24-29H,1,9-20H2,2-8H3/t24-,25+,26-,27+,28-,29+,31-,32+,33+,34+/m0/s1. The first-order valence-corrected chi connectivity index (χ1v) is 16.8. The molecule has 0 aliphatic heterocycles. The van der Waals surface area contributed by atoms with Gasteiger partial charge in [-0.05, 0) is 110 Å². The lowest BCUT2D eigenvalue weighted by molar-refractivity contribution is -0.252. The van der Waals surface area contributed by atoms with Crippen LogP contribution in [0.3, 0.4) is 0 Å². The first-order chi connectivity index (χ1) is 18.2. The second kappa shape index (κ2) is 9.87. The van der Waals surface area contributed by atoms with E-state index < -0.39 is 0 Å². The Bertz CT molecular complexity index is 1020. The first kappa shape index (κ1) is 29.6. The summed E-state index contributed by atoms with van der Waals surface area (Å²) >= 11 is 3.75. The number of esters is 2. The third kappa shape index (κ3) is 4.23. The van der Waals surface area contributed by atoms with E-state index >= 15 is 0 Å². The summed E-state index contributed by atoms with van der Waals surface area (Å²) in [5, 5.41) is 0.861. The van der Waals surface area contributed by atoms with Crippen LogP contribution in [0.1, 0.15) is 113 Å². The van der Waals surface area contributed by atoms with Crippen LogP contribution >= 0.6 is 15.9 Å². The van der Waals surface area contributed by atoms with Crippen LogP contribution in [0.25, 0.3) is 0 Å². The van der Waals surface area contributed by atoms with Crippen molar-refractivity contribution in [1.29, 1.82) is 0 Å². The predicted octanol–water partition coefficient (Wildman–Crippen LogP) is 8.51. The van der Waals surface area contributed by atoms with Crippen LogP contribution in [0, 0.1) is 56.7 Å². The van der Waals surface area contributed by atoms with Crippen molar-refractivity contribution in [3.05, 3.63) is 12.2 Å². The van der Waals surface area contributed by atoms with Crippen molar-refractivity contribution in [2.75, 3.05) is 11.9 Å². The van der Waals surface area contributed by atoms with Crippen LogP contribution in [0.4, 0.5) is 0 Å². The number of hydrogen-bond acceptors (Lipinski definition) is 4. The molecule has 0 spiro atoms. The zero-order valence-corrected chi connectivity index (χ0v) is 27.3. The van der Waals surface area contributed by atoms with Gasteiger partial charge in [0.05, 0.1) is 6.61 Å². The Balaban J connectivity index is 1.50. The minimum atomic E-state index is -0.145. The highest BCUT2D eigenvalue weighted by Gasteiger charge is 2.71. The van der Waals surface area contributed by atoms with Crippen LogP contribution in [0.5, 0.6) is 0 Å². The maximum absolute atomic E-state index is 12.0. The third-order valence-electron chi connectivity index (χ3n) is 14.1. The molecule has 5 aliphatic carbocycles. The molecular weight excluding hydrogens is 552 g/mol. The van der Waals surface area contributed by atoms with E-state index in [4.69, 9.17) is 9.47 Å². The summed E-state index contributed by atoms with van der Waals surface area (Å²) in [4.78, 5) is 23.9. The van der Waals surface area contributed by atoms with Gasteiger partial charge in [0.1, 0.15) is 6.10 Å². The van der Waals surface area contributed by atoms with E-state index in [-0.39, 0.29) is 45.1 Å². The van der Waals surface area contributed by atoms with Crippen LogP contribution in [-0.2, 0) is 19.1 Å². The molecule has 5 aliphatic rings. The average Bonchev–Trinajstić information content (AvgIpc) is 3.24. The monoisotopic (exact) mass is 604 g/mol. The van der Waals surface area contributed by atoms with Gasteiger partial charge in [0, 0.05) is 30.0 Å². The van der Waals surface area contributed by atoms with Crippen molar-refractivity contribution < 1.29 is 19.1 Å². The van der Waals surface area contributed by atoms with Gasteiger partial charge in [-0.1, -0.05) is 62.7 Å². The van der Waals surface area contributed by atoms with Gasteiger partial charge in [-0.25, -0.2) is 0 Å². The van der Waals surface area contributed by atoms with Gasteiger partial charge in [-0.3, -0.25) is 9.59 Å². The highest BCUT2D eigenvalue weighted by molar-refractivity contribution is 9.09. The Morgan fingerprint density at radius 3 is 2.18 bits per heavy atom. The van der Waals surface area contributed by atoms with Crippen LogP contribution in [-0.4, -0.2) is 30.0 Å². The maximum Gasteiger partial charge on any atom is 0.302 e. The Morgan fingerprint density at radius 1 is 0.821 bits per heavy atom. The molecule has 4 nitrogen and oxygen atoms in total. The van der Waals surface area contributed by atoms with Gasteiger partial charge >= 0.3 is 11.9 Å². The van der Waals surface area contributed by atoms with E-state index in [2.05, 4.69) is 57.1 Å². The largest absolute Gasteiger partial charge is 0.465 e. The van der Waals surface area contributed by atoms with Gasteiger partial charge in [0.25, 0.3) is 0 Å². The molecule has 0 heterocycles. The number of carbonyl (C=O) groups is 2. The lowest BCUT2D eigenvalue weighted by Crippen LogP contribution is -2.67. The molecule has 0 bridgehead atoms. The van der Waals surface area contributed by atoms with Crippen molar-refractivity contribution in [2.45, 2.75) is 119 Å². The molecule has 5 fully saturated rings. The molecule has 0 amide bonds. The zero-order valence-electron chi connectivity index (χ0n) is 25.7. The molecular formula is C34H53BrO4. The summed E-state index contributed by atoms with van der Waals surface area (Å²) in [6.45, 7) is 20.9. The molecule has 0 unspecified atom stereocenters.